The van der Waals surface area contributed by atoms with Gasteiger partial charge in [-0.25, -0.2) is 0 Å². The van der Waals surface area contributed by atoms with Gasteiger partial charge in [-0.15, -0.1) is 0 Å². The molecule has 0 fully saturated rings. The molecule has 0 spiro atoms. The van der Waals surface area contributed by atoms with Crippen molar-refractivity contribution in [1.29, 1.82) is 0 Å². The van der Waals surface area contributed by atoms with E-state index in [1.165, 1.54) is 0 Å². The van der Waals surface area contributed by atoms with Crippen LogP contribution in [-0.4, -0.2) is 37.0 Å². The van der Waals surface area contributed by atoms with Gasteiger partial charge >= 0.3 is 0 Å². The molecule has 72 valence electrons. The zero-order valence-electron chi connectivity index (χ0n) is 8.72. The van der Waals surface area contributed by atoms with E-state index in [4.69, 9.17) is 0 Å². The summed E-state index contributed by atoms with van der Waals surface area (Å²) >= 11 is 0. The van der Waals surface area contributed by atoms with Crippen molar-refractivity contribution >= 4 is 5.96 Å². The first-order valence-electron chi connectivity index (χ1n) is 4.83. The largest absolute Gasteiger partial charge is 0.357 e. The predicted octanol–water partition coefficient (Wildman–Crippen LogP) is 1.31. The molecule has 3 nitrogen and oxygen atoms in total. The Bertz CT molecular complexity index is 128. The minimum Gasteiger partial charge on any atom is -0.357 e. The molecule has 0 aliphatic heterocycles. The van der Waals surface area contributed by atoms with Gasteiger partial charge in [0.15, 0.2) is 5.96 Å². The smallest absolute Gasteiger partial charge is 0.193 e. The van der Waals surface area contributed by atoms with Gasteiger partial charge in [0.05, 0.1) is 0 Å². The Hall–Kier alpha value is -0.730. The molecular weight excluding hydrogens is 150 g/mol. The molecular formula is C9H21N3. The molecule has 0 heterocycles. The summed E-state index contributed by atoms with van der Waals surface area (Å²) in [7, 11) is 0. The van der Waals surface area contributed by atoms with Crippen LogP contribution in [0.15, 0.2) is 4.99 Å². The molecule has 0 unspecified atom stereocenters. The van der Waals surface area contributed by atoms with E-state index in [-0.39, 0.29) is 0 Å². The molecule has 0 radical (unpaired) electrons. The van der Waals surface area contributed by atoms with Crippen LogP contribution in [0.1, 0.15) is 27.7 Å². The lowest BCUT2D eigenvalue weighted by atomic mass is 10.5. The molecule has 0 atom stereocenters. The Labute approximate surface area is 75.9 Å². The van der Waals surface area contributed by atoms with Gasteiger partial charge in [-0.2, -0.15) is 0 Å². The van der Waals surface area contributed by atoms with E-state index in [9.17, 15) is 0 Å². The minimum atomic E-state index is 0.846. The topological polar surface area (TPSA) is 27.6 Å². The quantitative estimate of drug-likeness (QED) is 0.510. The van der Waals surface area contributed by atoms with Crippen LogP contribution >= 0.6 is 0 Å². The van der Waals surface area contributed by atoms with Crippen LogP contribution < -0.4 is 5.32 Å². The van der Waals surface area contributed by atoms with Crippen LogP contribution in [0.3, 0.4) is 0 Å². The number of nitrogens with one attached hydrogen (secondary N) is 1. The zero-order chi connectivity index (χ0) is 9.40. The first-order valence-corrected chi connectivity index (χ1v) is 4.83. The molecule has 3 heteroatoms. The normalized spacial score (nSPS) is 11.5. The molecule has 0 saturated heterocycles. The lowest BCUT2D eigenvalue weighted by Gasteiger charge is -2.23. The summed E-state index contributed by atoms with van der Waals surface area (Å²) in [4.78, 5) is 6.62. The van der Waals surface area contributed by atoms with E-state index >= 15 is 0 Å². The van der Waals surface area contributed by atoms with Crippen molar-refractivity contribution < 1.29 is 0 Å². The van der Waals surface area contributed by atoms with Gasteiger partial charge in [0, 0.05) is 26.2 Å². The van der Waals surface area contributed by atoms with Crippen molar-refractivity contribution in [2.45, 2.75) is 27.7 Å². The highest BCUT2D eigenvalue weighted by Gasteiger charge is 2.03. The highest BCUT2D eigenvalue weighted by atomic mass is 15.3. The summed E-state index contributed by atoms with van der Waals surface area (Å²) in [5, 5.41) is 3.26. The molecule has 0 aliphatic carbocycles. The first kappa shape index (κ1) is 11.3. The van der Waals surface area contributed by atoms with Gasteiger partial charge in [-0.05, 0) is 27.7 Å². The van der Waals surface area contributed by atoms with Crippen molar-refractivity contribution in [3.05, 3.63) is 0 Å². The van der Waals surface area contributed by atoms with Gasteiger partial charge in [0.25, 0.3) is 0 Å². The molecule has 0 saturated carbocycles. The van der Waals surface area contributed by atoms with Crippen molar-refractivity contribution in [3.8, 4) is 0 Å². The second kappa shape index (κ2) is 6.95. The fraction of sp³-hybridized carbons (Fsp3) is 0.889. The van der Waals surface area contributed by atoms with Crippen molar-refractivity contribution in [2.75, 3.05) is 26.2 Å². The second-order valence-electron chi connectivity index (χ2n) is 2.50. The number of rotatable bonds is 4. The van der Waals surface area contributed by atoms with Gasteiger partial charge in [-0.1, -0.05) is 0 Å². The maximum Gasteiger partial charge on any atom is 0.193 e. The van der Waals surface area contributed by atoms with Gasteiger partial charge in [-0.3, -0.25) is 4.99 Å². The van der Waals surface area contributed by atoms with Gasteiger partial charge in [0.1, 0.15) is 0 Å². The van der Waals surface area contributed by atoms with Gasteiger partial charge in [0.2, 0.25) is 0 Å². The van der Waals surface area contributed by atoms with E-state index in [0.717, 1.165) is 32.1 Å². The fourth-order valence-electron chi connectivity index (χ4n) is 1.10. The Kier molecular flexibility index (Phi) is 6.53. The third kappa shape index (κ3) is 3.60. The molecule has 0 aliphatic rings. The Morgan fingerprint density at radius 3 is 2.08 bits per heavy atom. The van der Waals surface area contributed by atoms with E-state index in [0.29, 0.717) is 0 Å². The van der Waals surface area contributed by atoms with Crippen molar-refractivity contribution in [3.63, 3.8) is 0 Å². The third-order valence-corrected chi connectivity index (χ3v) is 1.71. The summed E-state index contributed by atoms with van der Waals surface area (Å²) in [6.45, 7) is 12.3. The zero-order valence-corrected chi connectivity index (χ0v) is 8.72. The summed E-state index contributed by atoms with van der Waals surface area (Å²) in [6, 6.07) is 0. The maximum atomic E-state index is 4.39. The average Bonchev–Trinajstić information content (AvgIpc) is 2.07. The van der Waals surface area contributed by atoms with Crippen LogP contribution in [0.25, 0.3) is 0 Å². The SMILES string of the molecule is CC/N=C(\NCC)N(CC)CC. The lowest BCUT2D eigenvalue weighted by Crippen LogP contribution is -2.41. The van der Waals surface area contributed by atoms with Crippen LogP contribution in [0, 0.1) is 0 Å². The maximum absolute atomic E-state index is 4.39. The Morgan fingerprint density at radius 2 is 1.75 bits per heavy atom. The van der Waals surface area contributed by atoms with Gasteiger partial charge < -0.3 is 10.2 Å². The number of aliphatic imine (C=N–C) groups is 1. The van der Waals surface area contributed by atoms with E-state index in [2.05, 4.69) is 42.9 Å². The summed E-state index contributed by atoms with van der Waals surface area (Å²) in [5.74, 6) is 1.03. The van der Waals surface area contributed by atoms with Crippen molar-refractivity contribution in [1.82, 2.24) is 10.2 Å². The highest BCUT2D eigenvalue weighted by molar-refractivity contribution is 5.79. The summed E-state index contributed by atoms with van der Waals surface area (Å²) < 4.78 is 0. The van der Waals surface area contributed by atoms with Crippen molar-refractivity contribution in [2.24, 2.45) is 4.99 Å². The first-order chi connectivity index (χ1) is 5.79. The third-order valence-electron chi connectivity index (χ3n) is 1.71. The summed E-state index contributed by atoms with van der Waals surface area (Å²) in [5.41, 5.74) is 0. The highest BCUT2D eigenvalue weighted by Crippen LogP contribution is 1.88. The molecule has 0 aromatic rings. The average molecular weight is 171 g/mol. The molecule has 0 amide bonds. The second-order valence-corrected chi connectivity index (χ2v) is 2.50. The Morgan fingerprint density at radius 1 is 1.17 bits per heavy atom. The van der Waals surface area contributed by atoms with Crippen LogP contribution in [0.5, 0.6) is 0 Å². The number of guanidine groups is 1. The standard InChI is InChI=1S/C9H21N3/c1-5-10-9(11-6-2)12(7-3)8-4/h5-8H2,1-4H3,(H,10,11). The monoisotopic (exact) mass is 171 g/mol. The molecule has 0 bridgehead atoms. The molecule has 0 aromatic heterocycles. The number of nitrogens with zero attached hydrogens (tertiary/aromatic N) is 2. The molecule has 12 heavy (non-hydrogen) atoms. The van der Waals surface area contributed by atoms with E-state index in [1.807, 2.05) is 0 Å². The van der Waals surface area contributed by atoms with E-state index in [1.54, 1.807) is 0 Å². The van der Waals surface area contributed by atoms with Crippen LogP contribution in [0.2, 0.25) is 0 Å². The number of hydrogen-bond donors (Lipinski definition) is 1. The lowest BCUT2D eigenvalue weighted by molar-refractivity contribution is 0.446. The fourth-order valence-corrected chi connectivity index (χ4v) is 1.10. The molecule has 0 aromatic carbocycles. The number of hydrogen-bond acceptors (Lipinski definition) is 1. The molecule has 1 N–H and O–H groups in total. The Balaban J connectivity index is 4.15. The molecule has 0 rings (SSSR count). The minimum absolute atomic E-state index is 0.846. The van der Waals surface area contributed by atoms with Crippen LogP contribution in [0.4, 0.5) is 0 Å². The summed E-state index contributed by atoms with van der Waals surface area (Å²) in [6.07, 6.45) is 0. The predicted molar refractivity (Wildman–Crippen MR) is 54.6 cm³/mol. The van der Waals surface area contributed by atoms with Crippen LogP contribution in [-0.2, 0) is 0 Å². The van der Waals surface area contributed by atoms with E-state index < -0.39 is 0 Å².